The smallest absolute Gasteiger partial charge is 0.0963 e. The van der Waals surface area contributed by atoms with Crippen molar-refractivity contribution >= 4 is 37.9 Å². The molecule has 0 amide bonds. The van der Waals surface area contributed by atoms with E-state index in [1.165, 1.54) is 16.5 Å². The van der Waals surface area contributed by atoms with Gasteiger partial charge < -0.3 is 4.98 Å². The van der Waals surface area contributed by atoms with E-state index < -0.39 is 0 Å². The van der Waals surface area contributed by atoms with Crippen LogP contribution in [0.3, 0.4) is 0 Å². The molecule has 0 bridgehead atoms. The van der Waals surface area contributed by atoms with Crippen molar-refractivity contribution in [2.24, 2.45) is 0 Å². The molecule has 4 rings (SSSR count). The van der Waals surface area contributed by atoms with E-state index in [0.29, 0.717) is 0 Å². The summed E-state index contributed by atoms with van der Waals surface area (Å²) in [5.41, 5.74) is 5.59. The van der Waals surface area contributed by atoms with Gasteiger partial charge in [0.2, 0.25) is 0 Å². The number of nitrogens with one attached hydrogen (secondary N) is 1. The molecule has 0 aliphatic rings. The van der Waals surface area contributed by atoms with Gasteiger partial charge in [-0.1, -0.05) is 46.3 Å². The Balaban J connectivity index is 2.10. The number of pyridine rings is 1. The fourth-order valence-corrected chi connectivity index (χ4v) is 3.02. The molecule has 0 spiro atoms. The summed E-state index contributed by atoms with van der Waals surface area (Å²) in [5, 5.41) is 1.17. The highest BCUT2D eigenvalue weighted by molar-refractivity contribution is 9.10. The third-order valence-corrected chi connectivity index (χ3v) is 4.02. The van der Waals surface area contributed by atoms with Crippen molar-refractivity contribution in [1.29, 1.82) is 0 Å². The lowest BCUT2D eigenvalue weighted by atomic mass is 10.1. The van der Waals surface area contributed by atoms with E-state index in [9.17, 15) is 0 Å². The molecule has 3 heteroatoms. The third kappa shape index (κ3) is 1.74. The maximum atomic E-state index is 4.53. The highest BCUT2D eigenvalue weighted by Gasteiger charge is 2.10. The van der Waals surface area contributed by atoms with Gasteiger partial charge in [0, 0.05) is 27.1 Å². The highest BCUT2D eigenvalue weighted by atomic mass is 79.9. The Morgan fingerprint density at radius 2 is 1.85 bits per heavy atom. The van der Waals surface area contributed by atoms with Crippen LogP contribution in [-0.2, 0) is 0 Å². The van der Waals surface area contributed by atoms with Gasteiger partial charge in [-0.25, -0.2) is 0 Å². The fourth-order valence-electron chi connectivity index (χ4n) is 2.62. The van der Waals surface area contributed by atoms with Crippen molar-refractivity contribution in [1.82, 2.24) is 9.97 Å². The van der Waals surface area contributed by atoms with Crippen molar-refractivity contribution in [3.8, 4) is 11.1 Å². The number of fused-ring (bicyclic) bond motifs is 3. The quantitative estimate of drug-likeness (QED) is 0.516. The standard InChI is InChI=1S/C17H11BrN2/c18-12-5-3-4-11(10-12)13-8-9-19-16-14-6-1-2-7-15(14)20-17(13)16/h1-10,20H. The molecule has 2 heterocycles. The largest absolute Gasteiger partial charge is 0.353 e. The summed E-state index contributed by atoms with van der Waals surface area (Å²) in [6, 6.07) is 18.7. The van der Waals surface area contributed by atoms with E-state index in [1.807, 2.05) is 30.5 Å². The predicted molar refractivity (Wildman–Crippen MR) is 86.7 cm³/mol. The van der Waals surface area contributed by atoms with Gasteiger partial charge in [-0.3, -0.25) is 4.98 Å². The van der Waals surface area contributed by atoms with Crippen LogP contribution in [0.1, 0.15) is 0 Å². The van der Waals surface area contributed by atoms with Crippen LogP contribution in [0.2, 0.25) is 0 Å². The summed E-state index contributed by atoms with van der Waals surface area (Å²) in [6.07, 6.45) is 1.87. The minimum atomic E-state index is 1.03. The first-order chi connectivity index (χ1) is 9.83. The van der Waals surface area contributed by atoms with Gasteiger partial charge in [0.25, 0.3) is 0 Å². The topological polar surface area (TPSA) is 28.7 Å². The van der Waals surface area contributed by atoms with Crippen LogP contribution >= 0.6 is 15.9 Å². The molecule has 20 heavy (non-hydrogen) atoms. The van der Waals surface area contributed by atoms with Gasteiger partial charge in [0.05, 0.1) is 11.0 Å². The molecule has 0 saturated heterocycles. The normalized spacial score (nSPS) is 11.2. The Bertz CT molecular complexity index is 924. The predicted octanol–water partition coefficient (Wildman–Crippen LogP) is 5.15. The van der Waals surface area contributed by atoms with Gasteiger partial charge in [-0.15, -0.1) is 0 Å². The molecule has 0 aliphatic heterocycles. The van der Waals surface area contributed by atoms with Crippen LogP contribution < -0.4 is 0 Å². The number of hydrogen-bond donors (Lipinski definition) is 1. The molecule has 4 aromatic rings. The molecule has 0 aliphatic carbocycles. The molecule has 2 nitrogen and oxygen atoms in total. The van der Waals surface area contributed by atoms with Gasteiger partial charge in [0.15, 0.2) is 0 Å². The SMILES string of the molecule is Brc1cccc(-c2ccnc3c2[nH]c2ccccc23)c1. The molecule has 0 atom stereocenters. The Morgan fingerprint density at radius 1 is 0.950 bits per heavy atom. The fraction of sp³-hybridized carbons (Fsp3) is 0. The Kier molecular flexibility index (Phi) is 2.60. The lowest BCUT2D eigenvalue weighted by molar-refractivity contribution is 1.41. The van der Waals surface area contributed by atoms with E-state index in [0.717, 1.165) is 21.0 Å². The lowest BCUT2D eigenvalue weighted by Gasteiger charge is -2.03. The highest BCUT2D eigenvalue weighted by Crippen LogP contribution is 2.32. The van der Waals surface area contributed by atoms with Crippen molar-refractivity contribution < 1.29 is 0 Å². The summed E-state index contributed by atoms with van der Waals surface area (Å²) < 4.78 is 1.08. The minimum Gasteiger partial charge on any atom is -0.353 e. The minimum absolute atomic E-state index is 1.03. The van der Waals surface area contributed by atoms with E-state index in [2.05, 4.69) is 56.2 Å². The van der Waals surface area contributed by atoms with Gasteiger partial charge >= 0.3 is 0 Å². The zero-order valence-corrected chi connectivity index (χ0v) is 12.2. The molecule has 0 fully saturated rings. The number of nitrogens with zero attached hydrogens (tertiary/aromatic N) is 1. The van der Waals surface area contributed by atoms with Crippen LogP contribution in [0, 0.1) is 0 Å². The molecular weight excluding hydrogens is 312 g/mol. The Morgan fingerprint density at radius 3 is 2.75 bits per heavy atom. The van der Waals surface area contributed by atoms with Crippen molar-refractivity contribution in [2.45, 2.75) is 0 Å². The maximum Gasteiger partial charge on any atom is 0.0963 e. The molecule has 0 saturated carbocycles. The first-order valence-electron chi connectivity index (χ1n) is 6.44. The summed E-state index contributed by atoms with van der Waals surface area (Å²) in [6.45, 7) is 0. The molecule has 0 radical (unpaired) electrons. The molecule has 0 unspecified atom stereocenters. The van der Waals surface area contributed by atoms with Crippen molar-refractivity contribution in [3.63, 3.8) is 0 Å². The zero-order chi connectivity index (χ0) is 13.5. The zero-order valence-electron chi connectivity index (χ0n) is 10.6. The van der Waals surface area contributed by atoms with E-state index in [1.54, 1.807) is 0 Å². The maximum absolute atomic E-state index is 4.53. The molecule has 96 valence electrons. The monoisotopic (exact) mass is 322 g/mol. The van der Waals surface area contributed by atoms with Crippen LogP contribution in [0.5, 0.6) is 0 Å². The third-order valence-electron chi connectivity index (χ3n) is 3.53. The average molecular weight is 323 g/mol. The molecule has 2 aromatic heterocycles. The Hall–Kier alpha value is -2.13. The average Bonchev–Trinajstić information content (AvgIpc) is 2.86. The molecule has 1 N–H and O–H groups in total. The van der Waals surface area contributed by atoms with Gasteiger partial charge in [0.1, 0.15) is 0 Å². The summed E-state index contributed by atoms with van der Waals surface area (Å²) in [5.74, 6) is 0. The Labute approximate surface area is 124 Å². The van der Waals surface area contributed by atoms with Gasteiger partial charge in [-0.2, -0.15) is 0 Å². The van der Waals surface area contributed by atoms with E-state index >= 15 is 0 Å². The number of para-hydroxylation sites is 1. The number of aromatic nitrogens is 2. The number of rotatable bonds is 1. The summed E-state index contributed by atoms with van der Waals surface area (Å²) >= 11 is 3.53. The first-order valence-corrected chi connectivity index (χ1v) is 7.23. The van der Waals surface area contributed by atoms with Crippen LogP contribution in [0.4, 0.5) is 0 Å². The molecular formula is C17H11BrN2. The van der Waals surface area contributed by atoms with Gasteiger partial charge in [-0.05, 0) is 29.8 Å². The molecule has 2 aromatic carbocycles. The van der Waals surface area contributed by atoms with Crippen molar-refractivity contribution in [3.05, 3.63) is 65.3 Å². The second kappa shape index (κ2) is 4.46. The number of halogens is 1. The number of aromatic amines is 1. The van der Waals surface area contributed by atoms with Crippen LogP contribution in [0.25, 0.3) is 33.1 Å². The summed E-state index contributed by atoms with van der Waals surface area (Å²) in [4.78, 5) is 8.02. The lowest BCUT2D eigenvalue weighted by Crippen LogP contribution is -1.82. The number of hydrogen-bond acceptors (Lipinski definition) is 1. The number of H-pyrrole nitrogens is 1. The second-order valence-electron chi connectivity index (χ2n) is 4.76. The van der Waals surface area contributed by atoms with E-state index in [4.69, 9.17) is 0 Å². The summed E-state index contributed by atoms with van der Waals surface area (Å²) in [7, 11) is 0. The van der Waals surface area contributed by atoms with Crippen LogP contribution in [0.15, 0.2) is 65.3 Å². The van der Waals surface area contributed by atoms with E-state index in [-0.39, 0.29) is 0 Å². The number of benzene rings is 2. The van der Waals surface area contributed by atoms with Crippen LogP contribution in [-0.4, -0.2) is 9.97 Å². The first kappa shape index (κ1) is 11.7. The van der Waals surface area contributed by atoms with Crippen molar-refractivity contribution in [2.75, 3.05) is 0 Å². The second-order valence-corrected chi connectivity index (χ2v) is 5.68.